The van der Waals surface area contributed by atoms with Gasteiger partial charge in [-0.1, -0.05) is 30.3 Å². The van der Waals surface area contributed by atoms with Crippen LogP contribution < -0.4 is 10.1 Å². The van der Waals surface area contributed by atoms with Crippen LogP contribution in [0.3, 0.4) is 0 Å². The van der Waals surface area contributed by atoms with Gasteiger partial charge in [-0.05, 0) is 49.6 Å². The van der Waals surface area contributed by atoms with Gasteiger partial charge in [0.15, 0.2) is 6.10 Å². The van der Waals surface area contributed by atoms with Gasteiger partial charge in [0, 0.05) is 10.6 Å². The van der Waals surface area contributed by atoms with Crippen molar-refractivity contribution in [2.75, 3.05) is 5.75 Å². The third-order valence-corrected chi connectivity index (χ3v) is 5.07. The summed E-state index contributed by atoms with van der Waals surface area (Å²) in [5, 5.41) is 3.13. The number of hydrogen-bond donors (Lipinski definition) is 1. The quantitative estimate of drug-likeness (QED) is 0.918. The number of rotatable bonds is 4. The number of nitrogens with one attached hydrogen (secondary N) is 1. The Morgan fingerprint density at radius 2 is 2.09 bits per heavy atom. The standard InChI is InChI=1S/C19H21NO2S/c1-13-6-5-7-15(12-13)22-14(2)19(21)20-17-10-11-23-18-9-4-3-8-16(17)18/h3-9,12,14,17H,10-11H2,1-2H3,(H,20,21)/t14-,17+/m1/s1. The summed E-state index contributed by atoms with van der Waals surface area (Å²) < 4.78 is 5.77. The van der Waals surface area contributed by atoms with Gasteiger partial charge in [-0.3, -0.25) is 4.79 Å². The van der Waals surface area contributed by atoms with Gasteiger partial charge in [0.2, 0.25) is 0 Å². The van der Waals surface area contributed by atoms with Crippen LogP contribution in [0.25, 0.3) is 0 Å². The molecule has 0 fully saturated rings. The van der Waals surface area contributed by atoms with E-state index < -0.39 is 6.10 Å². The molecule has 0 bridgehead atoms. The third-order valence-electron chi connectivity index (χ3n) is 3.95. The van der Waals surface area contributed by atoms with E-state index in [9.17, 15) is 4.79 Å². The Labute approximate surface area is 141 Å². The summed E-state index contributed by atoms with van der Waals surface area (Å²) >= 11 is 1.85. The predicted molar refractivity (Wildman–Crippen MR) is 93.9 cm³/mol. The molecule has 0 saturated carbocycles. The van der Waals surface area contributed by atoms with Crippen LogP contribution in [0.5, 0.6) is 5.75 Å². The van der Waals surface area contributed by atoms with E-state index in [1.165, 1.54) is 10.5 Å². The molecule has 0 radical (unpaired) electrons. The minimum atomic E-state index is -0.515. The highest BCUT2D eigenvalue weighted by Crippen LogP contribution is 2.35. The monoisotopic (exact) mass is 327 g/mol. The van der Waals surface area contributed by atoms with Crippen molar-refractivity contribution in [3.05, 3.63) is 59.7 Å². The second-order valence-electron chi connectivity index (χ2n) is 5.81. The van der Waals surface area contributed by atoms with Crippen LogP contribution in [-0.4, -0.2) is 17.8 Å². The fourth-order valence-corrected chi connectivity index (χ4v) is 3.85. The number of benzene rings is 2. The first kappa shape index (κ1) is 15.9. The molecule has 0 aromatic heterocycles. The van der Waals surface area contributed by atoms with Gasteiger partial charge in [0.1, 0.15) is 5.75 Å². The Morgan fingerprint density at radius 3 is 2.91 bits per heavy atom. The van der Waals surface area contributed by atoms with Gasteiger partial charge in [-0.15, -0.1) is 11.8 Å². The molecule has 0 saturated heterocycles. The van der Waals surface area contributed by atoms with Gasteiger partial charge in [0.05, 0.1) is 6.04 Å². The van der Waals surface area contributed by atoms with E-state index in [2.05, 4.69) is 17.4 Å². The molecule has 1 aliphatic heterocycles. The van der Waals surface area contributed by atoms with Gasteiger partial charge in [0.25, 0.3) is 5.91 Å². The van der Waals surface area contributed by atoms with Gasteiger partial charge in [-0.25, -0.2) is 0 Å². The van der Waals surface area contributed by atoms with E-state index in [-0.39, 0.29) is 11.9 Å². The minimum Gasteiger partial charge on any atom is -0.481 e. The average molecular weight is 327 g/mol. The first-order valence-electron chi connectivity index (χ1n) is 7.89. The molecule has 0 aliphatic carbocycles. The van der Waals surface area contributed by atoms with Crippen molar-refractivity contribution in [1.29, 1.82) is 0 Å². The van der Waals surface area contributed by atoms with Crippen molar-refractivity contribution >= 4 is 17.7 Å². The molecule has 0 unspecified atom stereocenters. The summed E-state index contributed by atoms with van der Waals surface area (Å²) in [5.41, 5.74) is 2.33. The summed E-state index contributed by atoms with van der Waals surface area (Å²) in [6.07, 6.45) is 0.434. The molecule has 3 nitrogen and oxygen atoms in total. The highest BCUT2D eigenvalue weighted by atomic mass is 32.2. The zero-order valence-corrected chi connectivity index (χ0v) is 14.2. The largest absolute Gasteiger partial charge is 0.481 e. The Balaban J connectivity index is 1.65. The molecule has 4 heteroatoms. The Kier molecular flexibility index (Phi) is 4.91. The lowest BCUT2D eigenvalue weighted by Gasteiger charge is -2.27. The molecule has 2 aromatic carbocycles. The maximum absolute atomic E-state index is 12.5. The molecule has 1 aliphatic rings. The number of thioether (sulfide) groups is 1. The third kappa shape index (κ3) is 3.88. The van der Waals surface area contributed by atoms with E-state index in [0.29, 0.717) is 0 Å². The van der Waals surface area contributed by atoms with Gasteiger partial charge >= 0.3 is 0 Å². The van der Waals surface area contributed by atoms with E-state index in [1.54, 1.807) is 6.92 Å². The number of amides is 1. The minimum absolute atomic E-state index is 0.0711. The van der Waals surface area contributed by atoms with Crippen molar-refractivity contribution in [3.8, 4) is 5.75 Å². The van der Waals surface area contributed by atoms with Crippen molar-refractivity contribution < 1.29 is 9.53 Å². The Bertz CT molecular complexity index is 701. The van der Waals surface area contributed by atoms with Crippen LogP contribution in [0.2, 0.25) is 0 Å². The summed E-state index contributed by atoms with van der Waals surface area (Å²) in [5.74, 6) is 1.68. The molecule has 0 spiro atoms. The Morgan fingerprint density at radius 1 is 1.26 bits per heavy atom. The molecule has 1 amide bonds. The van der Waals surface area contributed by atoms with Crippen LogP contribution in [0.15, 0.2) is 53.4 Å². The lowest BCUT2D eigenvalue weighted by Crippen LogP contribution is -2.39. The molecule has 1 heterocycles. The first-order valence-corrected chi connectivity index (χ1v) is 8.87. The molecule has 3 rings (SSSR count). The maximum Gasteiger partial charge on any atom is 0.261 e. The summed E-state index contributed by atoms with van der Waals surface area (Å²) in [4.78, 5) is 13.7. The van der Waals surface area contributed by atoms with Crippen molar-refractivity contribution in [3.63, 3.8) is 0 Å². The van der Waals surface area contributed by atoms with Crippen LogP contribution in [0.1, 0.15) is 30.5 Å². The van der Waals surface area contributed by atoms with Crippen molar-refractivity contribution in [1.82, 2.24) is 5.32 Å². The van der Waals surface area contributed by atoms with Crippen LogP contribution in [-0.2, 0) is 4.79 Å². The number of hydrogen-bond acceptors (Lipinski definition) is 3. The first-order chi connectivity index (χ1) is 11.1. The fourth-order valence-electron chi connectivity index (χ4n) is 2.73. The van der Waals surface area contributed by atoms with E-state index in [1.807, 2.05) is 55.1 Å². The molecule has 2 aromatic rings. The number of fused-ring (bicyclic) bond motifs is 1. The van der Waals surface area contributed by atoms with Gasteiger partial charge in [-0.2, -0.15) is 0 Å². The number of aryl methyl sites for hydroxylation is 1. The number of ether oxygens (including phenoxy) is 1. The fraction of sp³-hybridized carbons (Fsp3) is 0.316. The normalized spacial score (nSPS) is 17.9. The molecule has 2 atom stereocenters. The smallest absolute Gasteiger partial charge is 0.261 e. The summed E-state index contributed by atoms with van der Waals surface area (Å²) in [7, 11) is 0. The molecular formula is C19H21NO2S. The molecule has 1 N–H and O–H groups in total. The van der Waals surface area contributed by atoms with E-state index in [0.717, 1.165) is 23.5 Å². The highest BCUT2D eigenvalue weighted by molar-refractivity contribution is 7.99. The Hall–Kier alpha value is -1.94. The van der Waals surface area contributed by atoms with Crippen LogP contribution in [0, 0.1) is 6.92 Å². The molecular weight excluding hydrogens is 306 g/mol. The predicted octanol–water partition coefficient (Wildman–Crippen LogP) is 4.12. The topological polar surface area (TPSA) is 38.3 Å². The van der Waals surface area contributed by atoms with E-state index >= 15 is 0 Å². The summed E-state index contributed by atoms with van der Waals surface area (Å²) in [6, 6.07) is 16.1. The van der Waals surface area contributed by atoms with Crippen LogP contribution in [0.4, 0.5) is 0 Å². The zero-order chi connectivity index (χ0) is 16.2. The van der Waals surface area contributed by atoms with Gasteiger partial charge < -0.3 is 10.1 Å². The average Bonchev–Trinajstić information content (AvgIpc) is 2.55. The molecule has 23 heavy (non-hydrogen) atoms. The number of carbonyl (C=O) groups excluding carboxylic acids is 1. The lowest BCUT2D eigenvalue weighted by molar-refractivity contribution is -0.128. The second-order valence-corrected chi connectivity index (χ2v) is 6.95. The van der Waals surface area contributed by atoms with Crippen LogP contribution >= 0.6 is 11.8 Å². The number of carbonyl (C=O) groups is 1. The summed E-state index contributed by atoms with van der Waals surface area (Å²) in [6.45, 7) is 3.80. The highest BCUT2D eigenvalue weighted by Gasteiger charge is 2.24. The molecule has 120 valence electrons. The van der Waals surface area contributed by atoms with Crippen molar-refractivity contribution in [2.24, 2.45) is 0 Å². The zero-order valence-electron chi connectivity index (χ0n) is 13.4. The van der Waals surface area contributed by atoms with Crippen molar-refractivity contribution in [2.45, 2.75) is 37.3 Å². The van der Waals surface area contributed by atoms with E-state index in [4.69, 9.17) is 4.74 Å². The lowest BCUT2D eigenvalue weighted by atomic mass is 10.0. The maximum atomic E-state index is 12.5. The second kappa shape index (κ2) is 7.09. The SMILES string of the molecule is Cc1cccc(O[C@H](C)C(=O)N[C@H]2CCSc3ccccc32)c1.